The summed E-state index contributed by atoms with van der Waals surface area (Å²) in [4.78, 5) is 8.69. The quantitative estimate of drug-likeness (QED) is 0.528. The molecule has 91 valence electrons. The molecule has 2 heterocycles. The van der Waals surface area contributed by atoms with Crippen LogP contribution in [0.1, 0.15) is 0 Å². The average molecular weight is 414 g/mol. The maximum atomic E-state index is 8.60. The minimum atomic E-state index is -4.21. The van der Waals surface area contributed by atoms with Crippen molar-refractivity contribution in [1.29, 1.82) is 0 Å². The van der Waals surface area contributed by atoms with Crippen LogP contribution in [0.15, 0.2) is 48.8 Å². The summed E-state index contributed by atoms with van der Waals surface area (Å²) in [5, 5.41) is 2.28. The molecule has 2 aromatic heterocycles. The first-order valence-electron chi connectivity index (χ1n) is 5.00. The number of pyridine rings is 2. The van der Waals surface area contributed by atoms with Crippen molar-refractivity contribution >= 4 is 21.8 Å². The van der Waals surface area contributed by atoms with Crippen LogP contribution >= 0.6 is 0 Å². The van der Waals surface area contributed by atoms with E-state index in [1.54, 1.807) is 12.4 Å². The number of hydrogen-bond acceptors (Lipinski definition) is 5. The largest absolute Gasteiger partial charge is 0.254 e. The minimum absolute atomic E-state index is 0.977. The fourth-order valence-corrected chi connectivity index (χ4v) is 1.68. The number of hydrogen-bond donors (Lipinski definition) is 0. The first-order valence-corrected chi connectivity index (χ1v) is 8.32. The van der Waals surface area contributed by atoms with Crippen molar-refractivity contribution in [1.82, 2.24) is 9.97 Å². The first-order chi connectivity index (χ1) is 8.68. The molecule has 6 heteroatoms. The van der Waals surface area contributed by atoms with Crippen molar-refractivity contribution in [3.63, 3.8) is 0 Å². The van der Waals surface area contributed by atoms with E-state index in [-0.39, 0.29) is 0 Å². The molecule has 0 aliphatic rings. The number of aromatic nitrogens is 2. The Morgan fingerprint density at radius 2 is 1.11 bits per heavy atom. The number of nitrogens with zero attached hydrogens (tertiary/aromatic N) is 2. The Kier molecular flexibility index (Phi) is 3.93. The molecule has 3 rings (SSSR count). The monoisotopic (exact) mass is 415 g/mol. The van der Waals surface area contributed by atoms with Crippen molar-refractivity contribution in [2.24, 2.45) is 0 Å². The van der Waals surface area contributed by atoms with Crippen LogP contribution in [0.3, 0.4) is 0 Å². The molecule has 0 radical (unpaired) electrons. The van der Waals surface area contributed by atoms with Crippen molar-refractivity contribution in [2.75, 3.05) is 0 Å². The Labute approximate surface area is 108 Å². The fraction of sp³-hybridized carbons (Fsp3) is 0. The predicted molar refractivity (Wildman–Crippen MR) is 59.1 cm³/mol. The zero-order valence-electron chi connectivity index (χ0n) is 9.12. The first kappa shape index (κ1) is 12.6. The van der Waals surface area contributed by atoms with Gasteiger partial charge in [-0.3, -0.25) is 9.97 Å². The van der Waals surface area contributed by atoms with Gasteiger partial charge in [-0.1, -0.05) is 24.3 Å². The minimum Gasteiger partial charge on any atom is -0.254 e. The molecular formula is C12H8N2O3Re. The zero-order chi connectivity index (χ0) is 13.0. The molecular weight excluding hydrogens is 406 g/mol. The number of benzene rings is 1. The van der Waals surface area contributed by atoms with E-state index in [1.807, 2.05) is 12.1 Å². The van der Waals surface area contributed by atoms with Gasteiger partial charge in [-0.15, -0.1) is 0 Å². The average Bonchev–Trinajstić information content (AvgIpc) is 2.38. The van der Waals surface area contributed by atoms with Gasteiger partial charge in [0.05, 0.1) is 11.0 Å². The maximum Gasteiger partial charge on any atom is 0.0964 e. The van der Waals surface area contributed by atoms with Crippen LogP contribution in [-0.2, 0) is 27.0 Å². The van der Waals surface area contributed by atoms with E-state index in [9.17, 15) is 0 Å². The smallest absolute Gasteiger partial charge is 0.0964 e. The van der Waals surface area contributed by atoms with Crippen molar-refractivity contribution in [3.05, 3.63) is 48.8 Å². The zero-order valence-corrected chi connectivity index (χ0v) is 11.8. The van der Waals surface area contributed by atoms with Gasteiger partial charge < -0.3 is 0 Å². The molecule has 0 saturated carbocycles. The second-order valence-corrected chi connectivity index (χ2v) is 4.76. The maximum absolute atomic E-state index is 8.60. The molecule has 0 bridgehead atoms. The number of rotatable bonds is 0. The molecule has 0 fully saturated rings. The van der Waals surface area contributed by atoms with Crippen LogP contribution in [0.4, 0.5) is 0 Å². The summed E-state index contributed by atoms with van der Waals surface area (Å²) in [7, 11) is 0. The Morgan fingerprint density at radius 1 is 0.722 bits per heavy atom. The van der Waals surface area contributed by atoms with Gasteiger partial charge in [0.1, 0.15) is 0 Å². The summed E-state index contributed by atoms with van der Waals surface area (Å²) >= 11 is -4.21. The Balaban J connectivity index is 0.000000267. The van der Waals surface area contributed by atoms with E-state index in [0.29, 0.717) is 0 Å². The van der Waals surface area contributed by atoms with Gasteiger partial charge in [-0.2, -0.15) is 0 Å². The van der Waals surface area contributed by atoms with E-state index in [4.69, 9.17) is 10.4 Å². The van der Waals surface area contributed by atoms with Crippen LogP contribution in [0.2, 0.25) is 0 Å². The molecule has 0 atom stereocenters. The molecule has 0 aliphatic carbocycles. The van der Waals surface area contributed by atoms with E-state index in [0.717, 1.165) is 21.8 Å². The molecule has 0 saturated heterocycles. The molecule has 3 aromatic rings. The topological polar surface area (TPSA) is 77.0 Å². The summed E-state index contributed by atoms with van der Waals surface area (Å²) < 4.78 is 25.8. The van der Waals surface area contributed by atoms with Crippen LogP contribution in [-0.4, -0.2) is 9.97 Å². The second-order valence-electron chi connectivity index (χ2n) is 3.40. The Bertz CT molecular complexity index is 739. The summed E-state index contributed by atoms with van der Waals surface area (Å²) in [5.74, 6) is 0. The Morgan fingerprint density at radius 3 is 1.50 bits per heavy atom. The fourth-order valence-electron chi connectivity index (χ4n) is 1.68. The molecule has 0 amide bonds. The molecule has 5 nitrogen and oxygen atoms in total. The third kappa shape index (κ3) is 2.86. The third-order valence-corrected chi connectivity index (χ3v) is 2.34. The van der Waals surface area contributed by atoms with E-state index in [2.05, 4.69) is 34.2 Å². The summed E-state index contributed by atoms with van der Waals surface area (Å²) in [5.41, 5.74) is 1.95. The molecule has 0 aliphatic heterocycles. The van der Waals surface area contributed by atoms with Gasteiger partial charge in [-0.25, -0.2) is 0 Å². The van der Waals surface area contributed by atoms with Crippen molar-refractivity contribution in [3.8, 4) is 0 Å². The van der Waals surface area contributed by atoms with E-state index < -0.39 is 16.6 Å². The van der Waals surface area contributed by atoms with Crippen molar-refractivity contribution < 1.29 is 27.0 Å². The third-order valence-electron chi connectivity index (χ3n) is 2.34. The van der Waals surface area contributed by atoms with Crippen LogP contribution in [0, 0.1) is 0 Å². The SMILES string of the molecule is [O]=[Re](=[O])=[O].c1cnc2c(c1)ccc1cccnc12. The number of fused-ring (bicyclic) bond motifs is 3. The summed E-state index contributed by atoms with van der Waals surface area (Å²) in [6, 6.07) is 12.1. The van der Waals surface area contributed by atoms with E-state index >= 15 is 0 Å². The summed E-state index contributed by atoms with van der Waals surface area (Å²) in [6.45, 7) is 0. The second kappa shape index (κ2) is 5.63. The van der Waals surface area contributed by atoms with Crippen molar-refractivity contribution in [2.45, 2.75) is 0 Å². The molecule has 18 heavy (non-hydrogen) atoms. The van der Waals surface area contributed by atoms with Crippen LogP contribution in [0.5, 0.6) is 0 Å². The molecule has 0 spiro atoms. The normalized spacial score (nSPS) is 9.78. The van der Waals surface area contributed by atoms with E-state index in [1.165, 1.54) is 0 Å². The van der Waals surface area contributed by atoms with Gasteiger partial charge in [0, 0.05) is 23.2 Å². The standard InChI is InChI=1S/C12H8N2.3O.Re/c1-3-9-5-6-10-4-2-8-14-12(10)11(9)13-7-1;;;;/h1-8H;;;;. The van der Waals surface area contributed by atoms with Crippen LogP contribution in [0.25, 0.3) is 21.8 Å². The predicted octanol–water partition coefficient (Wildman–Crippen LogP) is 2.42. The summed E-state index contributed by atoms with van der Waals surface area (Å²) in [6.07, 6.45) is 3.60. The molecule has 0 N–H and O–H groups in total. The van der Waals surface area contributed by atoms with Gasteiger partial charge >= 0.3 is 27.0 Å². The van der Waals surface area contributed by atoms with Gasteiger partial charge in [0.2, 0.25) is 0 Å². The molecule has 0 unspecified atom stereocenters. The van der Waals surface area contributed by atoms with Gasteiger partial charge in [-0.05, 0) is 12.1 Å². The van der Waals surface area contributed by atoms with Gasteiger partial charge in [0.25, 0.3) is 0 Å². The van der Waals surface area contributed by atoms with Crippen LogP contribution < -0.4 is 0 Å². The molecule has 1 aromatic carbocycles. The Hall–Kier alpha value is -1.90. The van der Waals surface area contributed by atoms with Gasteiger partial charge in [0.15, 0.2) is 0 Å².